The largest absolute Gasteiger partial charge is 0.359 e. The van der Waals surface area contributed by atoms with Crippen LogP contribution in [0.3, 0.4) is 0 Å². The third-order valence-corrected chi connectivity index (χ3v) is 3.38. The molecule has 0 saturated carbocycles. The number of anilines is 1. The van der Waals surface area contributed by atoms with Gasteiger partial charge in [-0.05, 0) is 30.0 Å². The Labute approximate surface area is 111 Å². The number of thiophene rings is 1. The number of fused-ring (bicyclic) bond motifs is 1. The van der Waals surface area contributed by atoms with Crippen molar-refractivity contribution in [3.63, 3.8) is 0 Å². The van der Waals surface area contributed by atoms with Gasteiger partial charge in [-0.25, -0.2) is 9.97 Å². The van der Waals surface area contributed by atoms with Crippen LogP contribution in [-0.2, 0) is 0 Å². The third kappa shape index (κ3) is 2.00. The highest BCUT2D eigenvalue weighted by Crippen LogP contribution is 2.28. The summed E-state index contributed by atoms with van der Waals surface area (Å²) in [6.45, 7) is 1.92. The first-order valence-electron chi connectivity index (χ1n) is 5.14. The summed E-state index contributed by atoms with van der Waals surface area (Å²) >= 11 is 7.40. The first-order chi connectivity index (χ1) is 8.74. The van der Waals surface area contributed by atoms with E-state index in [0.717, 1.165) is 10.2 Å². The Kier molecular flexibility index (Phi) is 2.80. The Morgan fingerprint density at radius 1 is 1.44 bits per heavy atom. The van der Waals surface area contributed by atoms with Crippen molar-refractivity contribution in [3.05, 3.63) is 22.6 Å². The maximum absolute atomic E-state index is 5.88. The van der Waals surface area contributed by atoms with Crippen LogP contribution >= 0.6 is 22.9 Å². The molecule has 0 radical (unpaired) electrons. The molecule has 0 fully saturated rings. The molecule has 3 aromatic heterocycles. The highest BCUT2D eigenvalue weighted by Gasteiger charge is 2.14. The zero-order valence-electron chi connectivity index (χ0n) is 9.25. The highest BCUT2D eigenvalue weighted by atomic mass is 35.5. The molecule has 0 aliphatic rings. The summed E-state index contributed by atoms with van der Waals surface area (Å²) in [5.41, 5.74) is 0. The second-order valence-electron chi connectivity index (χ2n) is 3.62. The number of halogens is 1. The van der Waals surface area contributed by atoms with E-state index in [9.17, 15) is 0 Å². The van der Waals surface area contributed by atoms with Gasteiger partial charge in [0.1, 0.15) is 10.6 Å². The summed E-state index contributed by atoms with van der Waals surface area (Å²) in [4.78, 5) is 9.18. The van der Waals surface area contributed by atoms with Crippen LogP contribution in [0.25, 0.3) is 10.2 Å². The molecule has 18 heavy (non-hydrogen) atoms. The van der Waals surface area contributed by atoms with E-state index in [1.54, 1.807) is 0 Å². The van der Waals surface area contributed by atoms with E-state index in [-0.39, 0.29) is 11.3 Å². The maximum atomic E-state index is 5.88. The summed E-state index contributed by atoms with van der Waals surface area (Å²) < 4.78 is 0. The molecule has 7 nitrogen and oxygen atoms in total. The second kappa shape index (κ2) is 4.46. The van der Waals surface area contributed by atoms with E-state index in [2.05, 4.69) is 35.9 Å². The molecule has 2 N–H and O–H groups in total. The minimum atomic E-state index is -0.127. The Hall–Kier alpha value is -1.80. The van der Waals surface area contributed by atoms with Crippen LogP contribution < -0.4 is 5.32 Å². The fourth-order valence-corrected chi connectivity index (χ4v) is 2.55. The molecule has 3 aromatic rings. The fraction of sp³-hybridized carbons (Fsp3) is 0.222. The van der Waals surface area contributed by atoms with Crippen LogP contribution in [0.2, 0.25) is 5.28 Å². The summed E-state index contributed by atoms with van der Waals surface area (Å²) in [7, 11) is 0. The zero-order valence-corrected chi connectivity index (χ0v) is 10.8. The first-order valence-corrected chi connectivity index (χ1v) is 6.40. The van der Waals surface area contributed by atoms with E-state index in [4.69, 9.17) is 11.6 Å². The number of aromatic amines is 1. The lowest BCUT2D eigenvalue weighted by atomic mass is 10.3. The minimum Gasteiger partial charge on any atom is -0.359 e. The standard InChI is InChI=1S/C9H8ClN7S/c1-4(6-14-16-17-15-6)11-7-5-2-3-18-8(5)13-9(10)12-7/h2-4H,1H3,(H,11,12,13)(H,14,15,16,17). The number of nitrogens with one attached hydrogen (secondary N) is 2. The van der Waals surface area contributed by atoms with Crippen LogP contribution in [0, 0.1) is 0 Å². The van der Waals surface area contributed by atoms with Crippen molar-refractivity contribution < 1.29 is 0 Å². The molecule has 1 atom stereocenters. The van der Waals surface area contributed by atoms with Crippen molar-refractivity contribution in [2.24, 2.45) is 0 Å². The van der Waals surface area contributed by atoms with Crippen LogP contribution in [0.15, 0.2) is 11.4 Å². The Balaban J connectivity index is 1.97. The van der Waals surface area contributed by atoms with Crippen molar-refractivity contribution in [3.8, 4) is 0 Å². The molecule has 3 heterocycles. The molecule has 3 rings (SSSR count). The fourth-order valence-electron chi connectivity index (χ4n) is 1.56. The molecule has 0 aliphatic carbocycles. The molecule has 0 saturated heterocycles. The zero-order chi connectivity index (χ0) is 12.5. The molecule has 0 aromatic carbocycles. The molecule has 92 valence electrons. The predicted molar refractivity (Wildman–Crippen MR) is 68.6 cm³/mol. The first kappa shape index (κ1) is 11.3. The van der Waals surface area contributed by atoms with Gasteiger partial charge in [0.05, 0.1) is 11.4 Å². The predicted octanol–water partition coefficient (Wildman–Crippen LogP) is 2.03. The van der Waals surface area contributed by atoms with Crippen molar-refractivity contribution in [1.82, 2.24) is 30.6 Å². The van der Waals surface area contributed by atoms with Gasteiger partial charge in [0, 0.05) is 0 Å². The molecule has 9 heteroatoms. The van der Waals surface area contributed by atoms with Gasteiger partial charge in [0.25, 0.3) is 0 Å². The number of H-pyrrole nitrogens is 1. The SMILES string of the molecule is CC(Nc1nc(Cl)nc2sccc12)c1nn[nH]n1. The maximum Gasteiger partial charge on any atom is 0.225 e. The summed E-state index contributed by atoms with van der Waals surface area (Å²) in [5.74, 6) is 1.23. The smallest absolute Gasteiger partial charge is 0.225 e. The Morgan fingerprint density at radius 3 is 3.11 bits per heavy atom. The van der Waals surface area contributed by atoms with E-state index >= 15 is 0 Å². The quantitative estimate of drug-likeness (QED) is 0.714. The summed E-state index contributed by atoms with van der Waals surface area (Å²) in [6, 6.07) is 1.82. The third-order valence-electron chi connectivity index (χ3n) is 2.40. The van der Waals surface area contributed by atoms with Crippen molar-refractivity contribution in [2.45, 2.75) is 13.0 Å². The molecular weight excluding hydrogens is 274 g/mol. The lowest BCUT2D eigenvalue weighted by Crippen LogP contribution is -2.10. The van der Waals surface area contributed by atoms with Crippen LogP contribution in [0.5, 0.6) is 0 Å². The summed E-state index contributed by atoms with van der Waals surface area (Å²) in [6.07, 6.45) is 0. The molecule has 0 amide bonds. The van der Waals surface area contributed by atoms with Gasteiger partial charge in [0.15, 0.2) is 5.82 Å². The number of tetrazole rings is 1. The molecular formula is C9H8ClN7S. The normalized spacial score (nSPS) is 12.8. The molecule has 0 aliphatic heterocycles. The van der Waals surface area contributed by atoms with Crippen molar-refractivity contribution >= 4 is 39.0 Å². The van der Waals surface area contributed by atoms with E-state index in [0.29, 0.717) is 11.6 Å². The van der Waals surface area contributed by atoms with E-state index in [1.807, 2.05) is 18.4 Å². The van der Waals surface area contributed by atoms with Gasteiger partial charge in [-0.15, -0.1) is 21.5 Å². The van der Waals surface area contributed by atoms with Gasteiger partial charge >= 0.3 is 0 Å². The number of nitrogens with zero attached hydrogens (tertiary/aromatic N) is 5. The molecule has 0 spiro atoms. The van der Waals surface area contributed by atoms with E-state index in [1.165, 1.54) is 11.3 Å². The van der Waals surface area contributed by atoms with Gasteiger partial charge in [0.2, 0.25) is 5.28 Å². The van der Waals surface area contributed by atoms with E-state index < -0.39 is 0 Å². The van der Waals surface area contributed by atoms with Gasteiger partial charge in [-0.2, -0.15) is 5.21 Å². The van der Waals surface area contributed by atoms with Crippen molar-refractivity contribution in [2.75, 3.05) is 5.32 Å². The van der Waals surface area contributed by atoms with Crippen molar-refractivity contribution in [1.29, 1.82) is 0 Å². The highest BCUT2D eigenvalue weighted by molar-refractivity contribution is 7.16. The van der Waals surface area contributed by atoms with Crippen LogP contribution in [-0.4, -0.2) is 30.6 Å². The molecule has 0 bridgehead atoms. The second-order valence-corrected chi connectivity index (χ2v) is 4.85. The Bertz CT molecular complexity index is 665. The average Bonchev–Trinajstić information content (AvgIpc) is 2.98. The lowest BCUT2D eigenvalue weighted by molar-refractivity contribution is 0.789. The Morgan fingerprint density at radius 2 is 2.33 bits per heavy atom. The van der Waals surface area contributed by atoms with Gasteiger partial charge in [-0.3, -0.25) is 0 Å². The summed E-state index contributed by atoms with van der Waals surface area (Å²) in [5, 5.41) is 20.1. The average molecular weight is 282 g/mol. The van der Waals surface area contributed by atoms with Crippen LogP contribution in [0.1, 0.15) is 18.8 Å². The van der Waals surface area contributed by atoms with Gasteiger partial charge < -0.3 is 5.32 Å². The number of hydrogen-bond acceptors (Lipinski definition) is 7. The monoisotopic (exact) mass is 281 g/mol. The van der Waals surface area contributed by atoms with Crippen LogP contribution in [0.4, 0.5) is 5.82 Å². The van der Waals surface area contributed by atoms with Gasteiger partial charge in [-0.1, -0.05) is 5.21 Å². The number of aromatic nitrogens is 6. The number of rotatable bonds is 3. The molecule has 1 unspecified atom stereocenters. The minimum absolute atomic E-state index is 0.127. The lowest BCUT2D eigenvalue weighted by Gasteiger charge is -2.11. The topological polar surface area (TPSA) is 92.3 Å². The number of hydrogen-bond donors (Lipinski definition) is 2.